The summed E-state index contributed by atoms with van der Waals surface area (Å²) in [7, 11) is 5.18. The summed E-state index contributed by atoms with van der Waals surface area (Å²) in [5, 5.41) is 10.4. The molecule has 1 atom stereocenters. The Morgan fingerprint density at radius 1 is 1.50 bits per heavy atom. The molecule has 2 rings (SSSR count). The van der Waals surface area contributed by atoms with E-state index in [1.54, 1.807) is 11.0 Å². The number of carbonyl (C=O) groups is 1. The van der Waals surface area contributed by atoms with Crippen LogP contribution in [0.2, 0.25) is 0 Å². The Morgan fingerprint density at radius 2 is 2.23 bits per heavy atom. The van der Waals surface area contributed by atoms with Crippen molar-refractivity contribution in [3.05, 3.63) is 29.6 Å². The molecule has 1 saturated heterocycles. The average Bonchev–Trinajstić information content (AvgIpc) is 2.80. The van der Waals surface area contributed by atoms with Gasteiger partial charge in [0.1, 0.15) is 0 Å². The molecule has 1 N–H and O–H groups in total. The van der Waals surface area contributed by atoms with Gasteiger partial charge < -0.3 is 19.6 Å². The van der Waals surface area contributed by atoms with Crippen LogP contribution in [0.25, 0.3) is 0 Å². The number of likely N-dealkylation sites (tertiary alicyclic amines) is 1. The summed E-state index contributed by atoms with van der Waals surface area (Å²) >= 11 is 0. The second-order valence-electron chi connectivity index (χ2n) is 6.17. The number of aliphatic hydroxyl groups is 1. The molecular weight excluding hydrogens is 287 g/mol. The maximum atomic E-state index is 13.6. The number of benzene rings is 1. The molecule has 22 heavy (non-hydrogen) atoms. The molecule has 5 nitrogen and oxygen atoms in total. The number of carbonyl (C=O) groups excluding carboxylic acids is 1. The summed E-state index contributed by atoms with van der Waals surface area (Å²) in [4.78, 5) is 15.9. The smallest absolute Gasteiger partial charge is 0.227 e. The van der Waals surface area contributed by atoms with Gasteiger partial charge in [0.2, 0.25) is 5.91 Å². The van der Waals surface area contributed by atoms with Gasteiger partial charge in [-0.15, -0.1) is 0 Å². The van der Waals surface area contributed by atoms with Crippen molar-refractivity contribution in [2.24, 2.45) is 0 Å². The lowest BCUT2D eigenvalue weighted by Crippen LogP contribution is -2.43. The van der Waals surface area contributed by atoms with E-state index in [-0.39, 0.29) is 18.1 Å². The summed E-state index contributed by atoms with van der Waals surface area (Å²) in [6, 6.07) is 4.52. The van der Waals surface area contributed by atoms with Crippen molar-refractivity contribution in [3.63, 3.8) is 0 Å². The van der Waals surface area contributed by atoms with E-state index in [0.717, 1.165) is 0 Å². The number of halogens is 1. The third-order valence-corrected chi connectivity index (χ3v) is 3.87. The molecule has 0 spiro atoms. The number of hydrogen-bond acceptors (Lipinski definition) is 4. The van der Waals surface area contributed by atoms with Crippen molar-refractivity contribution in [2.75, 3.05) is 40.8 Å². The van der Waals surface area contributed by atoms with Gasteiger partial charge in [0.25, 0.3) is 0 Å². The molecule has 1 fully saturated rings. The lowest BCUT2D eigenvalue weighted by molar-refractivity contribution is -0.130. The van der Waals surface area contributed by atoms with Gasteiger partial charge in [-0.1, -0.05) is 6.07 Å². The van der Waals surface area contributed by atoms with E-state index >= 15 is 0 Å². The summed E-state index contributed by atoms with van der Waals surface area (Å²) < 4.78 is 18.5. The second-order valence-corrected chi connectivity index (χ2v) is 6.17. The maximum absolute atomic E-state index is 13.6. The molecule has 1 aliphatic rings. The van der Waals surface area contributed by atoms with Gasteiger partial charge in [-0.2, -0.15) is 0 Å². The zero-order valence-corrected chi connectivity index (χ0v) is 13.3. The number of rotatable bonds is 5. The first-order chi connectivity index (χ1) is 10.3. The Hall–Kier alpha value is -1.66. The molecule has 0 aromatic heterocycles. The molecule has 122 valence electrons. The predicted molar refractivity (Wildman–Crippen MR) is 81.4 cm³/mol. The number of amides is 1. The number of likely N-dealkylation sites (N-methyl/N-ethyl adjacent to an activating group) is 1. The fraction of sp³-hybridized carbons (Fsp3) is 0.562. The summed E-state index contributed by atoms with van der Waals surface area (Å²) in [5.74, 6) is -0.407. The Kier molecular flexibility index (Phi) is 5.03. The van der Waals surface area contributed by atoms with Crippen LogP contribution in [0, 0.1) is 5.82 Å². The van der Waals surface area contributed by atoms with Gasteiger partial charge in [-0.3, -0.25) is 4.79 Å². The first-order valence-corrected chi connectivity index (χ1v) is 7.30. The van der Waals surface area contributed by atoms with E-state index in [4.69, 9.17) is 4.74 Å². The highest BCUT2D eigenvalue weighted by molar-refractivity contribution is 5.79. The van der Waals surface area contributed by atoms with Crippen LogP contribution in [0.5, 0.6) is 5.75 Å². The SMILES string of the molecule is COc1ccc(CC(=O)N2CCC(O)(CN(C)C)C2)cc1F. The highest BCUT2D eigenvalue weighted by atomic mass is 19.1. The van der Waals surface area contributed by atoms with Gasteiger partial charge >= 0.3 is 0 Å². The van der Waals surface area contributed by atoms with Crippen LogP contribution in [-0.2, 0) is 11.2 Å². The largest absolute Gasteiger partial charge is 0.494 e. The molecule has 1 aliphatic heterocycles. The van der Waals surface area contributed by atoms with Crippen molar-refractivity contribution in [1.29, 1.82) is 0 Å². The maximum Gasteiger partial charge on any atom is 0.227 e. The van der Waals surface area contributed by atoms with Crippen LogP contribution in [0.15, 0.2) is 18.2 Å². The second kappa shape index (κ2) is 6.62. The molecule has 1 amide bonds. The van der Waals surface area contributed by atoms with Crippen molar-refractivity contribution < 1.29 is 19.0 Å². The van der Waals surface area contributed by atoms with Crippen molar-refractivity contribution >= 4 is 5.91 Å². The van der Waals surface area contributed by atoms with Crippen LogP contribution >= 0.6 is 0 Å². The summed E-state index contributed by atoms with van der Waals surface area (Å²) in [6.07, 6.45) is 0.687. The molecule has 6 heteroatoms. The van der Waals surface area contributed by atoms with Crippen LogP contribution in [0.3, 0.4) is 0 Å². The zero-order chi connectivity index (χ0) is 16.3. The highest BCUT2D eigenvalue weighted by Gasteiger charge is 2.38. The minimum Gasteiger partial charge on any atom is -0.494 e. The zero-order valence-electron chi connectivity index (χ0n) is 13.3. The first kappa shape index (κ1) is 16.7. The lowest BCUT2D eigenvalue weighted by atomic mass is 10.0. The lowest BCUT2D eigenvalue weighted by Gasteiger charge is -2.26. The number of nitrogens with zero attached hydrogens (tertiary/aromatic N) is 2. The minimum absolute atomic E-state index is 0.0979. The van der Waals surface area contributed by atoms with E-state index in [2.05, 4.69) is 0 Å². The molecule has 0 saturated carbocycles. The Morgan fingerprint density at radius 3 is 2.82 bits per heavy atom. The normalized spacial score (nSPS) is 21.5. The Bertz CT molecular complexity index is 550. The molecule has 0 bridgehead atoms. The van der Waals surface area contributed by atoms with Gasteiger partial charge in [0.15, 0.2) is 11.6 Å². The van der Waals surface area contributed by atoms with Crippen LogP contribution in [0.1, 0.15) is 12.0 Å². The van der Waals surface area contributed by atoms with Crippen LogP contribution in [-0.4, -0.2) is 67.3 Å². The fourth-order valence-corrected chi connectivity index (χ4v) is 2.89. The average molecular weight is 310 g/mol. The van der Waals surface area contributed by atoms with Gasteiger partial charge in [-0.05, 0) is 38.2 Å². The number of β-amino-alcohol motifs (C(OH)–C–C–N with tert-alkyl or cyclic N) is 1. The van der Waals surface area contributed by atoms with E-state index in [0.29, 0.717) is 31.6 Å². The van der Waals surface area contributed by atoms with Gasteiger partial charge in [-0.25, -0.2) is 4.39 Å². The van der Waals surface area contributed by atoms with E-state index in [1.807, 2.05) is 19.0 Å². The molecule has 1 aromatic rings. The van der Waals surface area contributed by atoms with E-state index < -0.39 is 11.4 Å². The molecule has 0 aliphatic carbocycles. The standard InChI is InChI=1S/C16H23FN2O3/c1-18(2)10-16(21)6-7-19(11-16)15(20)9-12-4-5-14(22-3)13(17)8-12/h4-5,8,21H,6-7,9-11H2,1-3H3. The monoisotopic (exact) mass is 310 g/mol. The van der Waals surface area contributed by atoms with Crippen LogP contribution < -0.4 is 4.74 Å². The number of methoxy groups -OCH3 is 1. The Balaban J connectivity index is 1.97. The molecule has 1 aromatic carbocycles. The van der Waals surface area contributed by atoms with E-state index in [9.17, 15) is 14.3 Å². The van der Waals surface area contributed by atoms with Crippen molar-refractivity contribution in [3.8, 4) is 5.75 Å². The fourth-order valence-electron chi connectivity index (χ4n) is 2.89. The third-order valence-electron chi connectivity index (χ3n) is 3.87. The molecule has 1 unspecified atom stereocenters. The molecule has 0 radical (unpaired) electrons. The first-order valence-electron chi connectivity index (χ1n) is 7.30. The highest BCUT2D eigenvalue weighted by Crippen LogP contribution is 2.23. The molecule has 1 heterocycles. The van der Waals surface area contributed by atoms with Crippen molar-refractivity contribution in [1.82, 2.24) is 9.80 Å². The van der Waals surface area contributed by atoms with Crippen LogP contribution in [0.4, 0.5) is 4.39 Å². The summed E-state index contributed by atoms with van der Waals surface area (Å²) in [6.45, 7) is 1.37. The van der Waals surface area contributed by atoms with Gasteiger partial charge in [0, 0.05) is 13.1 Å². The Labute approximate surface area is 130 Å². The molecular formula is C16H23FN2O3. The summed E-state index contributed by atoms with van der Waals surface area (Å²) in [5.41, 5.74) is -0.254. The van der Waals surface area contributed by atoms with Gasteiger partial charge in [0.05, 0.1) is 25.7 Å². The topological polar surface area (TPSA) is 53.0 Å². The quantitative estimate of drug-likeness (QED) is 0.878. The minimum atomic E-state index is -0.857. The number of ether oxygens (including phenoxy) is 1. The third kappa shape index (κ3) is 3.96. The predicted octanol–water partition coefficient (Wildman–Crippen LogP) is 0.902. The number of hydrogen-bond donors (Lipinski definition) is 1. The van der Waals surface area contributed by atoms with Crippen molar-refractivity contribution in [2.45, 2.75) is 18.4 Å². The van der Waals surface area contributed by atoms with E-state index in [1.165, 1.54) is 19.2 Å².